The first kappa shape index (κ1) is 19.7. The van der Waals surface area contributed by atoms with Gasteiger partial charge in [-0.05, 0) is 51.5 Å². The number of aryl methyl sites for hydroxylation is 1. The van der Waals surface area contributed by atoms with Crippen molar-refractivity contribution in [3.8, 4) is 0 Å². The summed E-state index contributed by atoms with van der Waals surface area (Å²) in [7, 11) is 1.72. The highest BCUT2D eigenvalue weighted by Gasteiger charge is 2.22. The second-order valence-electron chi connectivity index (χ2n) is 6.32. The van der Waals surface area contributed by atoms with Crippen LogP contribution in [0.5, 0.6) is 0 Å². The lowest BCUT2D eigenvalue weighted by Gasteiger charge is -2.26. The van der Waals surface area contributed by atoms with Crippen molar-refractivity contribution < 1.29 is 18.7 Å². The summed E-state index contributed by atoms with van der Waals surface area (Å²) in [6, 6.07) is 7.67. The normalized spacial score (nSPS) is 11.9. The smallest absolute Gasteiger partial charge is 0.339 e. The molecule has 0 saturated heterocycles. The summed E-state index contributed by atoms with van der Waals surface area (Å²) in [6.45, 7) is 7.73. The van der Waals surface area contributed by atoms with E-state index in [9.17, 15) is 14.0 Å². The Kier molecular flexibility index (Phi) is 6.18. The monoisotopic (exact) mass is 360 g/mol. The molecule has 140 valence electrons. The summed E-state index contributed by atoms with van der Waals surface area (Å²) in [5, 5.41) is 0. The Morgan fingerprint density at radius 2 is 1.85 bits per heavy atom. The predicted octanol–water partition coefficient (Wildman–Crippen LogP) is 3.64. The van der Waals surface area contributed by atoms with Crippen molar-refractivity contribution in [1.82, 2.24) is 9.47 Å². The maximum atomic E-state index is 13.1. The van der Waals surface area contributed by atoms with Gasteiger partial charge in [0.05, 0.1) is 18.2 Å². The van der Waals surface area contributed by atoms with Gasteiger partial charge in [-0.1, -0.05) is 12.1 Å². The molecule has 0 saturated carbocycles. The van der Waals surface area contributed by atoms with Gasteiger partial charge in [-0.3, -0.25) is 4.79 Å². The fourth-order valence-electron chi connectivity index (χ4n) is 2.89. The van der Waals surface area contributed by atoms with E-state index in [1.807, 2.05) is 18.4 Å². The van der Waals surface area contributed by atoms with E-state index in [0.29, 0.717) is 17.9 Å². The fraction of sp³-hybridized carbons (Fsp3) is 0.400. The van der Waals surface area contributed by atoms with Gasteiger partial charge in [0.1, 0.15) is 12.4 Å². The molecule has 1 aromatic heterocycles. The van der Waals surface area contributed by atoms with Crippen molar-refractivity contribution in [1.29, 1.82) is 0 Å². The van der Waals surface area contributed by atoms with Crippen molar-refractivity contribution in [2.45, 2.75) is 40.3 Å². The molecule has 2 rings (SSSR count). The zero-order valence-corrected chi connectivity index (χ0v) is 15.9. The Labute approximate surface area is 153 Å². The number of halogens is 1. The summed E-state index contributed by atoms with van der Waals surface area (Å²) in [6.07, 6.45) is 0. The lowest BCUT2D eigenvalue weighted by Crippen LogP contribution is -2.33. The highest BCUT2D eigenvalue weighted by molar-refractivity contribution is 5.91. The van der Waals surface area contributed by atoms with Gasteiger partial charge in [-0.2, -0.15) is 0 Å². The van der Waals surface area contributed by atoms with Crippen LogP contribution in [0.1, 0.15) is 47.2 Å². The molecule has 1 atom stereocenters. The molecule has 5 nitrogen and oxygen atoms in total. The lowest BCUT2D eigenvalue weighted by atomic mass is 10.1. The second-order valence-corrected chi connectivity index (χ2v) is 6.32. The minimum Gasteiger partial charge on any atom is -0.462 e. The van der Waals surface area contributed by atoms with E-state index in [1.165, 1.54) is 12.1 Å². The van der Waals surface area contributed by atoms with Crippen molar-refractivity contribution in [2.24, 2.45) is 0 Å². The van der Waals surface area contributed by atoms with Crippen LogP contribution in [0, 0.1) is 19.7 Å². The van der Waals surface area contributed by atoms with E-state index >= 15 is 0 Å². The van der Waals surface area contributed by atoms with Crippen LogP contribution < -0.4 is 0 Å². The maximum Gasteiger partial charge on any atom is 0.339 e. The van der Waals surface area contributed by atoms with Gasteiger partial charge >= 0.3 is 5.97 Å². The van der Waals surface area contributed by atoms with E-state index in [2.05, 4.69) is 0 Å². The van der Waals surface area contributed by atoms with Gasteiger partial charge in [0.2, 0.25) is 5.91 Å². The number of amides is 1. The first-order chi connectivity index (χ1) is 12.3. The average Bonchev–Trinajstić information content (AvgIpc) is 2.89. The van der Waals surface area contributed by atoms with E-state index < -0.39 is 0 Å². The molecule has 0 bridgehead atoms. The quantitative estimate of drug-likeness (QED) is 0.739. The van der Waals surface area contributed by atoms with Crippen molar-refractivity contribution in [3.05, 3.63) is 58.7 Å². The van der Waals surface area contributed by atoms with E-state index in [0.717, 1.165) is 11.3 Å². The van der Waals surface area contributed by atoms with Crippen molar-refractivity contribution in [3.63, 3.8) is 0 Å². The van der Waals surface area contributed by atoms with Gasteiger partial charge < -0.3 is 14.2 Å². The van der Waals surface area contributed by atoms with Gasteiger partial charge in [0, 0.05) is 18.4 Å². The van der Waals surface area contributed by atoms with Crippen molar-refractivity contribution in [2.75, 3.05) is 13.7 Å². The number of carbonyl (C=O) groups excluding carboxylic acids is 2. The number of aromatic nitrogens is 1. The van der Waals surface area contributed by atoms with Crippen LogP contribution in [0.15, 0.2) is 30.3 Å². The van der Waals surface area contributed by atoms with Crippen LogP contribution in [0.3, 0.4) is 0 Å². The molecule has 26 heavy (non-hydrogen) atoms. The summed E-state index contributed by atoms with van der Waals surface area (Å²) >= 11 is 0. The zero-order chi connectivity index (χ0) is 19.4. The first-order valence-corrected chi connectivity index (χ1v) is 8.61. The SMILES string of the molecule is CCOC(=O)c1cc(C)n(CC(=O)N(C)C(C)c2ccc(F)cc2)c1C. The fourth-order valence-corrected chi connectivity index (χ4v) is 2.89. The minimum atomic E-state index is -0.382. The largest absolute Gasteiger partial charge is 0.462 e. The Morgan fingerprint density at radius 3 is 2.42 bits per heavy atom. The standard InChI is InChI=1S/C20H25FN2O3/c1-6-26-20(25)18-11-13(2)23(15(18)4)12-19(24)22(5)14(3)16-7-9-17(21)10-8-16/h7-11,14H,6,12H2,1-5H3. The molecule has 1 unspecified atom stereocenters. The van der Waals surface area contributed by atoms with Crippen molar-refractivity contribution >= 4 is 11.9 Å². The number of benzene rings is 1. The third kappa shape index (κ3) is 4.12. The summed E-state index contributed by atoms with van der Waals surface area (Å²) in [5.74, 6) is -0.786. The van der Waals surface area contributed by atoms with Crippen LogP contribution in [0.25, 0.3) is 0 Å². The molecule has 0 aliphatic carbocycles. The molecule has 0 spiro atoms. The summed E-state index contributed by atoms with van der Waals surface area (Å²) < 4.78 is 20.0. The second kappa shape index (κ2) is 8.17. The first-order valence-electron chi connectivity index (χ1n) is 8.61. The molecule has 0 aliphatic heterocycles. The topological polar surface area (TPSA) is 51.5 Å². The van der Waals surface area contributed by atoms with Gasteiger partial charge in [-0.25, -0.2) is 9.18 Å². The number of ether oxygens (including phenoxy) is 1. The van der Waals surface area contributed by atoms with Gasteiger partial charge in [0.25, 0.3) is 0 Å². The highest BCUT2D eigenvalue weighted by atomic mass is 19.1. The van der Waals surface area contributed by atoms with Crippen LogP contribution in [-0.4, -0.2) is 35.0 Å². The third-order valence-electron chi connectivity index (χ3n) is 4.69. The van der Waals surface area contributed by atoms with Gasteiger partial charge in [0.15, 0.2) is 0 Å². The number of nitrogens with zero attached hydrogens (tertiary/aromatic N) is 2. The number of hydrogen-bond acceptors (Lipinski definition) is 3. The zero-order valence-electron chi connectivity index (χ0n) is 15.9. The Balaban J connectivity index is 2.16. The molecule has 6 heteroatoms. The molecule has 1 heterocycles. The number of esters is 1. The lowest BCUT2D eigenvalue weighted by molar-refractivity contribution is -0.132. The molecular weight excluding hydrogens is 335 g/mol. The van der Waals surface area contributed by atoms with Crippen LogP contribution >= 0.6 is 0 Å². The number of rotatable bonds is 6. The third-order valence-corrected chi connectivity index (χ3v) is 4.69. The Morgan fingerprint density at radius 1 is 1.23 bits per heavy atom. The van der Waals surface area contributed by atoms with Crippen LogP contribution in [-0.2, 0) is 16.1 Å². The number of hydrogen-bond donors (Lipinski definition) is 0. The van der Waals surface area contributed by atoms with Crippen LogP contribution in [0.4, 0.5) is 4.39 Å². The molecule has 0 fully saturated rings. The maximum absolute atomic E-state index is 13.1. The predicted molar refractivity (Wildman–Crippen MR) is 97.4 cm³/mol. The molecule has 1 amide bonds. The van der Waals surface area contributed by atoms with Crippen LogP contribution in [0.2, 0.25) is 0 Å². The van der Waals surface area contributed by atoms with E-state index in [1.54, 1.807) is 44.0 Å². The molecule has 1 aromatic carbocycles. The molecular formula is C20H25FN2O3. The minimum absolute atomic E-state index is 0.0981. The van der Waals surface area contributed by atoms with E-state index in [-0.39, 0.29) is 30.3 Å². The molecule has 0 radical (unpaired) electrons. The molecule has 2 aromatic rings. The number of likely N-dealkylation sites (N-methyl/N-ethyl adjacent to an activating group) is 1. The highest BCUT2D eigenvalue weighted by Crippen LogP contribution is 2.21. The average molecular weight is 360 g/mol. The molecule has 0 aliphatic rings. The molecule has 0 N–H and O–H groups in total. The Bertz CT molecular complexity index is 796. The Hall–Kier alpha value is -2.63. The summed E-state index contributed by atoms with van der Waals surface area (Å²) in [5.41, 5.74) is 2.86. The summed E-state index contributed by atoms with van der Waals surface area (Å²) in [4.78, 5) is 26.3. The number of carbonyl (C=O) groups is 2. The van der Waals surface area contributed by atoms with Gasteiger partial charge in [-0.15, -0.1) is 0 Å². The van der Waals surface area contributed by atoms with E-state index in [4.69, 9.17) is 4.74 Å².